The summed E-state index contributed by atoms with van der Waals surface area (Å²) in [5.41, 5.74) is -1.72. The van der Waals surface area contributed by atoms with Gasteiger partial charge in [-0.2, -0.15) is 18.4 Å². The summed E-state index contributed by atoms with van der Waals surface area (Å²) in [6, 6.07) is 5.10. The lowest BCUT2D eigenvalue weighted by Gasteiger charge is -2.25. The minimum atomic E-state index is -4.75. The van der Waals surface area contributed by atoms with Crippen LogP contribution < -0.4 is 4.90 Å². The normalized spacial score (nSPS) is 12.6. The second-order valence-corrected chi connectivity index (χ2v) is 4.60. The van der Waals surface area contributed by atoms with Crippen LogP contribution in [-0.4, -0.2) is 24.2 Å². The van der Waals surface area contributed by atoms with E-state index < -0.39 is 23.3 Å². The predicted octanol–water partition coefficient (Wildman–Crippen LogP) is 3.39. The monoisotopic (exact) mass is 300 g/mol. The number of carboxylic acid groups (broad SMARTS) is 1. The van der Waals surface area contributed by atoms with Crippen molar-refractivity contribution in [2.24, 2.45) is 5.92 Å². The topological polar surface area (TPSA) is 64.3 Å². The molecule has 4 nitrogen and oxygen atoms in total. The molecule has 7 heteroatoms. The molecule has 1 aromatic rings. The summed E-state index contributed by atoms with van der Waals surface area (Å²) in [7, 11) is 0. The lowest BCUT2D eigenvalue weighted by Crippen LogP contribution is -2.28. The summed E-state index contributed by atoms with van der Waals surface area (Å²) in [5.74, 6) is -1.97. The molecular formula is C14H15F3N2O2. The Morgan fingerprint density at radius 3 is 2.52 bits per heavy atom. The zero-order valence-corrected chi connectivity index (χ0v) is 11.6. The number of rotatable bonds is 5. The fraction of sp³-hybridized carbons (Fsp3) is 0.429. The van der Waals surface area contributed by atoms with E-state index in [1.165, 1.54) is 6.07 Å². The highest BCUT2D eigenvalue weighted by atomic mass is 19.4. The summed E-state index contributed by atoms with van der Waals surface area (Å²) in [5, 5.41) is 17.6. The van der Waals surface area contributed by atoms with Gasteiger partial charge in [-0.15, -0.1) is 0 Å². The van der Waals surface area contributed by atoms with Gasteiger partial charge in [0.1, 0.15) is 0 Å². The Kier molecular flexibility index (Phi) is 5.19. The maximum atomic E-state index is 13.0. The number of nitriles is 1. The average Bonchev–Trinajstić information content (AvgIpc) is 2.42. The summed E-state index contributed by atoms with van der Waals surface area (Å²) >= 11 is 0. The van der Waals surface area contributed by atoms with Gasteiger partial charge in [-0.25, -0.2) is 4.79 Å². The first-order chi connectivity index (χ1) is 9.70. The van der Waals surface area contributed by atoms with E-state index in [1.54, 1.807) is 18.7 Å². The van der Waals surface area contributed by atoms with Gasteiger partial charge in [0.15, 0.2) is 0 Å². The maximum absolute atomic E-state index is 13.0. The van der Waals surface area contributed by atoms with Crippen LogP contribution in [0.5, 0.6) is 0 Å². The molecule has 0 saturated heterocycles. The maximum Gasteiger partial charge on any atom is 0.417 e. The second-order valence-electron chi connectivity index (χ2n) is 4.60. The number of aromatic carboxylic acids is 1. The van der Waals surface area contributed by atoms with Crippen molar-refractivity contribution in [2.75, 3.05) is 18.0 Å². The molecule has 0 saturated carbocycles. The van der Waals surface area contributed by atoms with Crippen LogP contribution in [0.3, 0.4) is 0 Å². The molecular weight excluding hydrogens is 285 g/mol. The molecule has 1 aromatic carbocycles. The van der Waals surface area contributed by atoms with Gasteiger partial charge in [0.25, 0.3) is 0 Å². The molecule has 1 unspecified atom stereocenters. The van der Waals surface area contributed by atoms with Crippen molar-refractivity contribution in [1.82, 2.24) is 0 Å². The molecule has 0 bridgehead atoms. The van der Waals surface area contributed by atoms with E-state index in [0.717, 1.165) is 12.1 Å². The first kappa shape index (κ1) is 16.8. The van der Waals surface area contributed by atoms with E-state index in [0.29, 0.717) is 6.54 Å². The number of alkyl halides is 3. The third-order valence-corrected chi connectivity index (χ3v) is 3.00. The van der Waals surface area contributed by atoms with Crippen LogP contribution in [0.15, 0.2) is 18.2 Å². The van der Waals surface area contributed by atoms with Crippen molar-refractivity contribution in [3.8, 4) is 6.07 Å². The number of anilines is 1. The van der Waals surface area contributed by atoms with Gasteiger partial charge < -0.3 is 10.0 Å². The molecule has 0 aliphatic rings. The quantitative estimate of drug-likeness (QED) is 0.905. The molecule has 1 N–H and O–H groups in total. The third kappa shape index (κ3) is 4.12. The zero-order valence-electron chi connectivity index (χ0n) is 11.6. The molecule has 0 aromatic heterocycles. The third-order valence-electron chi connectivity index (χ3n) is 3.00. The van der Waals surface area contributed by atoms with Crippen LogP contribution in [0.25, 0.3) is 0 Å². The fourth-order valence-corrected chi connectivity index (χ4v) is 1.94. The van der Waals surface area contributed by atoms with Crippen LogP contribution in [-0.2, 0) is 6.18 Å². The predicted molar refractivity (Wildman–Crippen MR) is 71.1 cm³/mol. The molecule has 0 spiro atoms. The molecule has 0 aliphatic heterocycles. The SMILES string of the molecule is CCN(CC(C)C#N)c1ccc(C(=O)O)c(C(F)(F)F)c1. The Morgan fingerprint density at radius 1 is 1.48 bits per heavy atom. The van der Waals surface area contributed by atoms with Crippen molar-refractivity contribution < 1.29 is 23.1 Å². The molecule has 0 radical (unpaired) electrons. The van der Waals surface area contributed by atoms with Crippen LogP contribution in [0.1, 0.15) is 29.8 Å². The van der Waals surface area contributed by atoms with E-state index >= 15 is 0 Å². The Balaban J connectivity index is 3.27. The van der Waals surface area contributed by atoms with Crippen LogP contribution >= 0.6 is 0 Å². The van der Waals surface area contributed by atoms with E-state index in [9.17, 15) is 18.0 Å². The lowest BCUT2D eigenvalue weighted by molar-refractivity contribution is -0.138. The highest BCUT2D eigenvalue weighted by molar-refractivity contribution is 5.90. The average molecular weight is 300 g/mol. The number of nitrogens with zero attached hydrogens (tertiary/aromatic N) is 2. The summed E-state index contributed by atoms with van der Waals surface area (Å²) < 4.78 is 38.9. The van der Waals surface area contributed by atoms with E-state index in [2.05, 4.69) is 0 Å². The standard InChI is InChI=1S/C14H15F3N2O2/c1-3-19(8-9(2)7-18)10-4-5-11(13(20)21)12(6-10)14(15,16)17/h4-6,9H,3,8H2,1-2H3,(H,20,21). The first-order valence-electron chi connectivity index (χ1n) is 6.29. The summed E-state index contributed by atoms with van der Waals surface area (Å²) in [6.07, 6.45) is -4.75. The summed E-state index contributed by atoms with van der Waals surface area (Å²) in [6.45, 7) is 4.11. The Labute approximate surface area is 120 Å². The first-order valence-corrected chi connectivity index (χ1v) is 6.29. The van der Waals surface area contributed by atoms with Crippen molar-refractivity contribution in [3.63, 3.8) is 0 Å². The molecule has 0 aliphatic carbocycles. The van der Waals surface area contributed by atoms with Crippen molar-refractivity contribution in [2.45, 2.75) is 20.0 Å². The van der Waals surface area contributed by atoms with Gasteiger partial charge in [-0.05, 0) is 32.0 Å². The largest absolute Gasteiger partial charge is 0.478 e. The molecule has 21 heavy (non-hydrogen) atoms. The summed E-state index contributed by atoms with van der Waals surface area (Å²) in [4.78, 5) is 12.5. The number of carbonyl (C=O) groups is 1. The van der Waals surface area contributed by atoms with Gasteiger partial charge in [0.2, 0.25) is 0 Å². The molecule has 0 heterocycles. The van der Waals surface area contributed by atoms with Gasteiger partial charge in [0, 0.05) is 18.8 Å². The highest BCUT2D eigenvalue weighted by Crippen LogP contribution is 2.34. The molecule has 114 valence electrons. The van der Waals surface area contributed by atoms with Crippen molar-refractivity contribution >= 4 is 11.7 Å². The second kappa shape index (κ2) is 6.48. The van der Waals surface area contributed by atoms with Gasteiger partial charge in [-0.3, -0.25) is 0 Å². The molecule has 0 fully saturated rings. The number of hydrogen-bond donors (Lipinski definition) is 1. The zero-order chi connectivity index (χ0) is 16.2. The molecule has 1 atom stereocenters. The van der Waals surface area contributed by atoms with Crippen LogP contribution in [0.4, 0.5) is 18.9 Å². The minimum absolute atomic E-state index is 0.247. The lowest BCUT2D eigenvalue weighted by atomic mass is 10.0. The number of halogens is 3. The van der Waals surface area contributed by atoms with Gasteiger partial charge in [0.05, 0.1) is 23.1 Å². The van der Waals surface area contributed by atoms with Gasteiger partial charge >= 0.3 is 12.1 Å². The highest BCUT2D eigenvalue weighted by Gasteiger charge is 2.36. The Bertz CT molecular complexity index is 564. The minimum Gasteiger partial charge on any atom is -0.478 e. The molecule has 1 rings (SSSR count). The number of carboxylic acids is 1. The Morgan fingerprint density at radius 2 is 2.10 bits per heavy atom. The molecule has 0 amide bonds. The number of benzene rings is 1. The van der Waals surface area contributed by atoms with Gasteiger partial charge in [-0.1, -0.05) is 0 Å². The Hall–Kier alpha value is -2.23. The van der Waals surface area contributed by atoms with E-state index in [-0.39, 0.29) is 18.2 Å². The fourth-order valence-electron chi connectivity index (χ4n) is 1.94. The van der Waals surface area contributed by atoms with E-state index in [1.807, 2.05) is 6.07 Å². The van der Waals surface area contributed by atoms with E-state index in [4.69, 9.17) is 10.4 Å². The smallest absolute Gasteiger partial charge is 0.417 e. The number of hydrogen-bond acceptors (Lipinski definition) is 3. The van der Waals surface area contributed by atoms with Crippen LogP contribution in [0.2, 0.25) is 0 Å². The van der Waals surface area contributed by atoms with Crippen LogP contribution in [0, 0.1) is 17.2 Å². The van der Waals surface area contributed by atoms with Crippen molar-refractivity contribution in [1.29, 1.82) is 5.26 Å². The van der Waals surface area contributed by atoms with Crippen molar-refractivity contribution in [3.05, 3.63) is 29.3 Å².